The van der Waals surface area contributed by atoms with Gasteiger partial charge in [-0.05, 0) is 68.7 Å². The van der Waals surface area contributed by atoms with E-state index in [-0.39, 0.29) is 11.3 Å². The summed E-state index contributed by atoms with van der Waals surface area (Å²) in [6.07, 6.45) is 5.73. The number of hydrogen-bond acceptors (Lipinski definition) is 7. The van der Waals surface area contributed by atoms with Crippen LogP contribution in [0.25, 0.3) is 0 Å². The number of rotatable bonds is 8. The van der Waals surface area contributed by atoms with Crippen LogP contribution in [0.5, 0.6) is 11.6 Å². The van der Waals surface area contributed by atoms with Crippen molar-refractivity contribution in [1.82, 2.24) is 14.9 Å². The lowest BCUT2D eigenvalue weighted by atomic mass is 9.87. The average molecular weight is 502 g/mol. The normalized spacial score (nSPS) is 17.1. The maximum Gasteiger partial charge on any atom is 0.259 e. The fraction of sp³-hybridized carbons (Fsp3) is 0.414. The van der Waals surface area contributed by atoms with E-state index in [1.807, 2.05) is 30.3 Å². The number of nitrogens with zero attached hydrogens (tertiary/aromatic N) is 3. The average Bonchev–Trinajstić information content (AvgIpc) is 3.21. The molecule has 0 atom stereocenters. The number of amides is 1. The minimum absolute atomic E-state index is 0.0247. The molecule has 1 fully saturated rings. The topological polar surface area (TPSA) is 88.6 Å². The fourth-order valence-electron chi connectivity index (χ4n) is 4.80. The second kappa shape index (κ2) is 10.8. The monoisotopic (exact) mass is 501 g/mol. The summed E-state index contributed by atoms with van der Waals surface area (Å²) >= 11 is 0. The van der Waals surface area contributed by atoms with E-state index in [1.165, 1.54) is 0 Å². The molecule has 1 aromatic carbocycles. The van der Waals surface area contributed by atoms with E-state index in [0.717, 1.165) is 42.8 Å². The van der Waals surface area contributed by atoms with Gasteiger partial charge in [-0.3, -0.25) is 4.79 Å². The molecule has 0 aliphatic carbocycles. The van der Waals surface area contributed by atoms with E-state index < -0.39 is 0 Å². The third-order valence-electron chi connectivity index (χ3n) is 7.17. The third kappa shape index (κ3) is 6.02. The molecule has 0 unspecified atom stereocenters. The van der Waals surface area contributed by atoms with Gasteiger partial charge in [-0.2, -0.15) is 0 Å². The van der Waals surface area contributed by atoms with Crippen LogP contribution in [0, 0.1) is 5.92 Å². The van der Waals surface area contributed by atoms with Crippen LogP contribution in [-0.4, -0.2) is 54.1 Å². The Labute approximate surface area is 218 Å². The Balaban J connectivity index is 1.20. The van der Waals surface area contributed by atoms with Gasteiger partial charge in [0.15, 0.2) is 0 Å². The second-order valence-corrected chi connectivity index (χ2v) is 10.7. The van der Waals surface area contributed by atoms with Crippen LogP contribution in [0.1, 0.15) is 48.2 Å². The minimum Gasteiger partial charge on any atom is -0.492 e. The molecule has 2 aromatic heterocycles. The zero-order chi connectivity index (χ0) is 25.8. The summed E-state index contributed by atoms with van der Waals surface area (Å²) in [7, 11) is 2.16. The molecule has 0 saturated carbocycles. The van der Waals surface area contributed by atoms with Crippen molar-refractivity contribution in [2.24, 2.45) is 5.92 Å². The van der Waals surface area contributed by atoms with E-state index in [9.17, 15) is 4.79 Å². The molecule has 2 aliphatic heterocycles. The largest absolute Gasteiger partial charge is 0.492 e. The summed E-state index contributed by atoms with van der Waals surface area (Å²) in [6.45, 7) is 8.35. The molecule has 4 heterocycles. The maximum absolute atomic E-state index is 13.1. The zero-order valence-electron chi connectivity index (χ0n) is 21.8. The number of pyridine rings is 2. The number of hydrogen-bond donors (Lipinski definition) is 2. The summed E-state index contributed by atoms with van der Waals surface area (Å²) in [5.74, 6) is 2.30. The lowest BCUT2D eigenvalue weighted by molar-refractivity contribution is 0.102. The summed E-state index contributed by atoms with van der Waals surface area (Å²) in [4.78, 5) is 24.3. The molecule has 8 heteroatoms. The number of fused-ring (bicyclic) bond motifs is 1. The standard InChI is InChI=1S/C29H35N5O3/c1-29(2)19-37-25-16-22(6-7-24(25)29)33-28(35)23-5-4-11-31-27(23)32-17-21-8-12-30-26(15-21)36-18-20-9-13-34(3)14-10-20/h4-8,11-12,15-16,20H,9-10,13-14,17-19H2,1-3H3,(H,31,32)(H,33,35). The molecular formula is C29H35N5O3. The number of ether oxygens (including phenoxy) is 2. The molecular weight excluding hydrogens is 466 g/mol. The Morgan fingerprint density at radius 1 is 1.14 bits per heavy atom. The minimum atomic E-state index is -0.232. The van der Waals surface area contributed by atoms with Crippen molar-refractivity contribution in [2.45, 2.75) is 38.6 Å². The third-order valence-corrected chi connectivity index (χ3v) is 7.17. The molecule has 194 valence electrons. The van der Waals surface area contributed by atoms with Gasteiger partial charge in [0.2, 0.25) is 5.88 Å². The Morgan fingerprint density at radius 3 is 2.81 bits per heavy atom. The molecule has 3 aromatic rings. The number of aromatic nitrogens is 2. The van der Waals surface area contributed by atoms with E-state index >= 15 is 0 Å². The number of likely N-dealkylation sites (tertiary alicyclic amines) is 1. The highest BCUT2D eigenvalue weighted by molar-refractivity contribution is 6.07. The molecule has 0 bridgehead atoms. The molecule has 2 aliphatic rings. The first-order chi connectivity index (χ1) is 17.9. The summed E-state index contributed by atoms with van der Waals surface area (Å²) in [5, 5.41) is 6.28. The van der Waals surface area contributed by atoms with Gasteiger partial charge in [-0.1, -0.05) is 19.9 Å². The summed E-state index contributed by atoms with van der Waals surface area (Å²) in [5.41, 5.74) is 3.29. The van der Waals surface area contributed by atoms with E-state index in [2.05, 4.69) is 46.4 Å². The van der Waals surface area contributed by atoms with Crippen molar-refractivity contribution in [1.29, 1.82) is 0 Å². The highest BCUT2D eigenvalue weighted by Crippen LogP contribution is 2.39. The predicted molar refractivity (Wildman–Crippen MR) is 144 cm³/mol. The fourth-order valence-corrected chi connectivity index (χ4v) is 4.80. The molecule has 8 nitrogen and oxygen atoms in total. The van der Waals surface area contributed by atoms with Gasteiger partial charge < -0.3 is 25.0 Å². The quantitative estimate of drug-likeness (QED) is 0.461. The lowest BCUT2D eigenvalue weighted by Crippen LogP contribution is -2.32. The number of anilines is 2. The molecule has 0 radical (unpaired) electrons. The Morgan fingerprint density at radius 2 is 1.97 bits per heavy atom. The Hall–Kier alpha value is -3.65. The van der Waals surface area contributed by atoms with Gasteiger partial charge in [-0.15, -0.1) is 0 Å². The van der Waals surface area contributed by atoms with Crippen molar-refractivity contribution >= 4 is 17.4 Å². The highest BCUT2D eigenvalue weighted by Gasteiger charge is 2.31. The number of piperidine rings is 1. The van der Waals surface area contributed by atoms with Crippen LogP contribution >= 0.6 is 0 Å². The number of benzene rings is 1. The van der Waals surface area contributed by atoms with Gasteiger partial charge in [0.1, 0.15) is 11.6 Å². The van der Waals surface area contributed by atoms with Crippen molar-refractivity contribution in [3.05, 3.63) is 71.5 Å². The molecule has 0 spiro atoms. The second-order valence-electron chi connectivity index (χ2n) is 10.7. The van der Waals surface area contributed by atoms with Crippen LogP contribution in [0.15, 0.2) is 54.9 Å². The van der Waals surface area contributed by atoms with Crippen LogP contribution in [-0.2, 0) is 12.0 Å². The van der Waals surface area contributed by atoms with E-state index in [1.54, 1.807) is 24.5 Å². The number of carbonyl (C=O) groups excluding carboxylic acids is 1. The molecule has 1 amide bonds. The van der Waals surface area contributed by atoms with Crippen molar-refractivity contribution in [2.75, 3.05) is 44.0 Å². The van der Waals surface area contributed by atoms with Crippen LogP contribution in [0.2, 0.25) is 0 Å². The van der Waals surface area contributed by atoms with E-state index in [0.29, 0.717) is 48.6 Å². The van der Waals surface area contributed by atoms with Gasteiger partial charge in [0, 0.05) is 47.7 Å². The Bertz CT molecular complexity index is 1250. The first-order valence-electron chi connectivity index (χ1n) is 12.9. The maximum atomic E-state index is 13.1. The van der Waals surface area contributed by atoms with Crippen molar-refractivity contribution in [3.8, 4) is 11.6 Å². The first-order valence-corrected chi connectivity index (χ1v) is 12.9. The van der Waals surface area contributed by atoms with Crippen LogP contribution in [0.3, 0.4) is 0 Å². The molecule has 1 saturated heterocycles. The highest BCUT2D eigenvalue weighted by atomic mass is 16.5. The zero-order valence-corrected chi connectivity index (χ0v) is 21.8. The van der Waals surface area contributed by atoms with Gasteiger partial charge >= 0.3 is 0 Å². The molecule has 37 heavy (non-hydrogen) atoms. The SMILES string of the molecule is CN1CCC(COc2cc(CNc3ncccc3C(=O)Nc3ccc4c(c3)OCC4(C)C)ccn2)CC1. The molecule has 5 rings (SSSR count). The Kier molecular flexibility index (Phi) is 7.28. The van der Waals surface area contributed by atoms with Crippen LogP contribution < -0.4 is 20.1 Å². The number of nitrogens with one attached hydrogen (secondary N) is 2. The number of carbonyl (C=O) groups is 1. The smallest absolute Gasteiger partial charge is 0.259 e. The predicted octanol–water partition coefficient (Wildman–Crippen LogP) is 4.73. The van der Waals surface area contributed by atoms with Crippen LogP contribution in [0.4, 0.5) is 11.5 Å². The van der Waals surface area contributed by atoms with Gasteiger partial charge in [0.25, 0.3) is 5.91 Å². The summed E-state index contributed by atoms with van der Waals surface area (Å²) < 4.78 is 11.8. The molecule has 2 N–H and O–H groups in total. The van der Waals surface area contributed by atoms with Gasteiger partial charge in [0.05, 0.1) is 18.8 Å². The first kappa shape index (κ1) is 25.0. The summed E-state index contributed by atoms with van der Waals surface area (Å²) in [6, 6.07) is 13.2. The van der Waals surface area contributed by atoms with Crippen molar-refractivity contribution in [3.63, 3.8) is 0 Å². The van der Waals surface area contributed by atoms with E-state index in [4.69, 9.17) is 9.47 Å². The van der Waals surface area contributed by atoms with Crippen molar-refractivity contribution < 1.29 is 14.3 Å². The lowest BCUT2D eigenvalue weighted by Gasteiger charge is -2.28. The van der Waals surface area contributed by atoms with Gasteiger partial charge in [-0.25, -0.2) is 9.97 Å².